The van der Waals surface area contributed by atoms with Gasteiger partial charge in [0.2, 0.25) is 0 Å². The predicted octanol–water partition coefficient (Wildman–Crippen LogP) is 3.91. The van der Waals surface area contributed by atoms with Gasteiger partial charge in [0.1, 0.15) is 5.82 Å². The van der Waals surface area contributed by atoms with Crippen molar-refractivity contribution in [3.63, 3.8) is 0 Å². The molecular weight excluding hydrogens is 246 g/mol. The standard InChI is InChI=1S/C13H15F4N/c1-8-4-5-18-12(6-8)9-2-3-10(11(14)7-9)13(15,16)17/h2-3,7-8,12,18H,4-6H2,1H3. The van der Waals surface area contributed by atoms with Gasteiger partial charge in [-0.25, -0.2) is 4.39 Å². The lowest BCUT2D eigenvalue weighted by Crippen LogP contribution is -2.30. The van der Waals surface area contributed by atoms with Crippen LogP contribution in [0.5, 0.6) is 0 Å². The lowest BCUT2D eigenvalue weighted by Gasteiger charge is -2.28. The molecule has 1 N–H and O–H groups in total. The molecule has 0 aliphatic carbocycles. The summed E-state index contributed by atoms with van der Waals surface area (Å²) in [4.78, 5) is 0. The number of piperidine rings is 1. The number of nitrogens with one attached hydrogen (secondary N) is 1. The number of benzene rings is 1. The number of halogens is 4. The van der Waals surface area contributed by atoms with Crippen molar-refractivity contribution < 1.29 is 17.6 Å². The summed E-state index contributed by atoms with van der Waals surface area (Å²) in [6, 6.07) is 3.14. The third-order valence-corrected chi connectivity index (χ3v) is 3.37. The molecule has 0 radical (unpaired) electrons. The van der Waals surface area contributed by atoms with E-state index in [4.69, 9.17) is 0 Å². The van der Waals surface area contributed by atoms with Gasteiger partial charge >= 0.3 is 6.18 Å². The van der Waals surface area contributed by atoms with Crippen LogP contribution >= 0.6 is 0 Å². The Morgan fingerprint density at radius 1 is 1.28 bits per heavy atom. The molecule has 0 amide bonds. The molecule has 1 aromatic rings. The molecule has 5 heteroatoms. The van der Waals surface area contributed by atoms with E-state index < -0.39 is 17.6 Å². The molecule has 18 heavy (non-hydrogen) atoms. The van der Waals surface area contributed by atoms with Gasteiger partial charge in [0.25, 0.3) is 0 Å². The third-order valence-electron chi connectivity index (χ3n) is 3.37. The van der Waals surface area contributed by atoms with E-state index in [0.29, 0.717) is 11.5 Å². The molecule has 2 rings (SSSR count). The van der Waals surface area contributed by atoms with Gasteiger partial charge in [-0.2, -0.15) is 13.2 Å². The van der Waals surface area contributed by atoms with Crippen LogP contribution in [-0.2, 0) is 6.18 Å². The van der Waals surface area contributed by atoms with Crippen molar-refractivity contribution in [3.05, 3.63) is 35.1 Å². The highest BCUT2D eigenvalue weighted by molar-refractivity contribution is 5.28. The zero-order chi connectivity index (χ0) is 13.3. The quantitative estimate of drug-likeness (QED) is 0.756. The van der Waals surface area contributed by atoms with Gasteiger partial charge in [-0.3, -0.25) is 0 Å². The van der Waals surface area contributed by atoms with E-state index >= 15 is 0 Å². The molecule has 0 aromatic heterocycles. The molecule has 1 fully saturated rings. The molecule has 2 unspecified atom stereocenters. The molecule has 100 valence electrons. The molecule has 2 atom stereocenters. The van der Waals surface area contributed by atoms with Crippen LogP contribution in [0.15, 0.2) is 18.2 Å². The molecule has 1 nitrogen and oxygen atoms in total. The maximum Gasteiger partial charge on any atom is 0.419 e. The average molecular weight is 261 g/mol. The van der Waals surface area contributed by atoms with Crippen molar-refractivity contribution in [2.24, 2.45) is 5.92 Å². The summed E-state index contributed by atoms with van der Waals surface area (Å²) in [5, 5.41) is 3.20. The lowest BCUT2D eigenvalue weighted by atomic mass is 9.90. The fraction of sp³-hybridized carbons (Fsp3) is 0.538. The second-order valence-electron chi connectivity index (χ2n) is 4.87. The van der Waals surface area contributed by atoms with Gasteiger partial charge in [-0.05, 0) is 43.0 Å². The highest BCUT2D eigenvalue weighted by Crippen LogP contribution is 2.34. The van der Waals surface area contributed by atoms with Crippen LogP contribution in [0.25, 0.3) is 0 Å². The van der Waals surface area contributed by atoms with Gasteiger partial charge in [0.05, 0.1) is 5.56 Å². The molecular formula is C13H15F4N. The molecule has 1 heterocycles. The number of rotatable bonds is 1. The van der Waals surface area contributed by atoms with E-state index in [1.54, 1.807) is 0 Å². The molecule has 1 aromatic carbocycles. The topological polar surface area (TPSA) is 12.0 Å². The van der Waals surface area contributed by atoms with Crippen LogP contribution in [0.3, 0.4) is 0 Å². The second-order valence-corrected chi connectivity index (χ2v) is 4.87. The maximum absolute atomic E-state index is 13.5. The fourth-order valence-electron chi connectivity index (χ4n) is 2.34. The fourth-order valence-corrected chi connectivity index (χ4v) is 2.34. The monoisotopic (exact) mass is 261 g/mol. The van der Waals surface area contributed by atoms with Gasteiger partial charge in [-0.15, -0.1) is 0 Å². The summed E-state index contributed by atoms with van der Waals surface area (Å²) in [5.74, 6) is -0.693. The Bertz CT molecular complexity index is 427. The van der Waals surface area contributed by atoms with Gasteiger partial charge in [0, 0.05) is 6.04 Å². The van der Waals surface area contributed by atoms with E-state index in [0.717, 1.165) is 31.5 Å². The Balaban J connectivity index is 2.23. The Morgan fingerprint density at radius 3 is 2.56 bits per heavy atom. The largest absolute Gasteiger partial charge is 0.419 e. The van der Waals surface area contributed by atoms with E-state index in [-0.39, 0.29) is 6.04 Å². The number of hydrogen-bond acceptors (Lipinski definition) is 1. The first-order chi connectivity index (χ1) is 8.38. The van der Waals surface area contributed by atoms with Crippen molar-refractivity contribution >= 4 is 0 Å². The highest BCUT2D eigenvalue weighted by Gasteiger charge is 2.34. The minimum atomic E-state index is -4.63. The first kappa shape index (κ1) is 13.3. The van der Waals surface area contributed by atoms with E-state index in [9.17, 15) is 17.6 Å². The van der Waals surface area contributed by atoms with Crippen molar-refractivity contribution in [2.75, 3.05) is 6.54 Å². The SMILES string of the molecule is CC1CCNC(c2ccc(C(F)(F)F)c(F)c2)C1. The predicted molar refractivity (Wildman–Crippen MR) is 60.5 cm³/mol. The summed E-state index contributed by atoms with van der Waals surface area (Å²) in [6.45, 7) is 2.91. The van der Waals surface area contributed by atoms with Gasteiger partial charge in [-0.1, -0.05) is 13.0 Å². The molecule has 0 bridgehead atoms. The second kappa shape index (κ2) is 4.88. The van der Waals surface area contributed by atoms with Crippen LogP contribution in [0.2, 0.25) is 0 Å². The van der Waals surface area contributed by atoms with Crippen molar-refractivity contribution in [3.8, 4) is 0 Å². The normalized spacial score (nSPS) is 25.2. The Kier molecular flexibility index (Phi) is 3.61. The zero-order valence-electron chi connectivity index (χ0n) is 10.0. The van der Waals surface area contributed by atoms with Crippen LogP contribution in [0, 0.1) is 11.7 Å². The molecule has 1 aliphatic heterocycles. The summed E-state index contributed by atoms with van der Waals surface area (Å²) in [5.41, 5.74) is -0.609. The van der Waals surface area contributed by atoms with E-state index in [2.05, 4.69) is 12.2 Å². The minimum Gasteiger partial charge on any atom is -0.310 e. The molecule has 1 aliphatic rings. The first-order valence-electron chi connectivity index (χ1n) is 5.98. The summed E-state index contributed by atoms with van der Waals surface area (Å²) < 4.78 is 50.7. The summed E-state index contributed by atoms with van der Waals surface area (Å²) in [6.07, 6.45) is -2.76. The minimum absolute atomic E-state index is 0.0504. The lowest BCUT2D eigenvalue weighted by molar-refractivity contribution is -0.140. The van der Waals surface area contributed by atoms with Crippen molar-refractivity contribution in [1.82, 2.24) is 5.32 Å². The first-order valence-corrected chi connectivity index (χ1v) is 5.98. The number of hydrogen-bond donors (Lipinski definition) is 1. The zero-order valence-corrected chi connectivity index (χ0v) is 10.0. The van der Waals surface area contributed by atoms with Crippen LogP contribution in [0.4, 0.5) is 17.6 Å². The summed E-state index contributed by atoms with van der Waals surface area (Å²) >= 11 is 0. The van der Waals surface area contributed by atoms with Crippen molar-refractivity contribution in [1.29, 1.82) is 0 Å². The van der Waals surface area contributed by atoms with E-state index in [1.807, 2.05) is 0 Å². The highest BCUT2D eigenvalue weighted by atomic mass is 19.4. The van der Waals surface area contributed by atoms with Gasteiger partial charge < -0.3 is 5.32 Å². The molecule has 0 spiro atoms. The van der Waals surface area contributed by atoms with Gasteiger partial charge in [0.15, 0.2) is 0 Å². The maximum atomic E-state index is 13.5. The number of alkyl halides is 3. The Labute approximate surface area is 103 Å². The Hall–Kier alpha value is -1.10. The summed E-state index contributed by atoms with van der Waals surface area (Å²) in [7, 11) is 0. The van der Waals surface area contributed by atoms with Crippen LogP contribution in [0.1, 0.15) is 36.9 Å². The van der Waals surface area contributed by atoms with Crippen molar-refractivity contribution in [2.45, 2.75) is 32.0 Å². The Morgan fingerprint density at radius 2 is 2.00 bits per heavy atom. The smallest absolute Gasteiger partial charge is 0.310 e. The van der Waals surface area contributed by atoms with E-state index in [1.165, 1.54) is 6.07 Å². The average Bonchev–Trinajstić information content (AvgIpc) is 2.27. The molecule has 1 saturated heterocycles. The van der Waals surface area contributed by atoms with Crippen LogP contribution < -0.4 is 5.32 Å². The molecule has 0 saturated carbocycles. The third kappa shape index (κ3) is 2.83. The van der Waals surface area contributed by atoms with Crippen LogP contribution in [-0.4, -0.2) is 6.54 Å².